The Morgan fingerprint density at radius 1 is 0.642 bits per heavy atom. The van der Waals surface area contributed by atoms with Crippen LogP contribution in [0.25, 0.3) is 4.85 Å². The minimum absolute atomic E-state index is 0.114. The second-order valence-corrected chi connectivity index (χ2v) is 15.9. The molecule has 0 saturated heterocycles. The molecular formula is C46H82N4O3. The van der Waals surface area contributed by atoms with Gasteiger partial charge in [-0.3, -0.25) is 9.64 Å². The third-order valence-electron chi connectivity index (χ3n) is 10.5. The number of ether oxygens (including phenoxy) is 1. The van der Waals surface area contributed by atoms with Crippen LogP contribution in [0.4, 0.5) is 10.5 Å². The van der Waals surface area contributed by atoms with Crippen LogP contribution < -0.4 is 5.32 Å². The molecule has 0 spiro atoms. The van der Waals surface area contributed by atoms with Crippen molar-refractivity contribution in [1.82, 2.24) is 9.88 Å². The molecule has 1 rings (SSSR count). The molecule has 7 heteroatoms. The number of nitrogens with zero attached hydrogens (tertiary/aromatic N) is 3. The fourth-order valence-corrected chi connectivity index (χ4v) is 6.91. The minimum Gasteiger partial charge on any atom is -0.369 e. The number of amides is 2. The van der Waals surface area contributed by atoms with E-state index >= 15 is 0 Å². The maximum absolute atomic E-state index is 13.5. The molecule has 1 N–H and O–H groups in total. The Balaban J connectivity index is 2.45. The van der Waals surface area contributed by atoms with Crippen molar-refractivity contribution in [3.63, 3.8) is 0 Å². The van der Waals surface area contributed by atoms with E-state index in [-0.39, 0.29) is 11.8 Å². The lowest BCUT2D eigenvalue weighted by Gasteiger charge is -2.22. The molecule has 1 aromatic heterocycles. The summed E-state index contributed by atoms with van der Waals surface area (Å²) in [4.78, 5) is 35.4. The van der Waals surface area contributed by atoms with Crippen LogP contribution in [0.5, 0.6) is 0 Å². The highest BCUT2D eigenvalue weighted by atomic mass is 16.6. The first-order valence-corrected chi connectivity index (χ1v) is 22.5. The summed E-state index contributed by atoms with van der Waals surface area (Å²) in [5.41, 5.74) is 0.875. The third-order valence-corrected chi connectivity index (χ3v) is 10.5. The molecule has 0 radical (unpaired) electrons. The average Bonchev–Trinajstić information content (AvgIpc) is 3.15. The van der Waals surface area contributed by atoms with Gasteiger partial charge in [-0.15, -0.1) is 0 Å². The number of nitrogens with one attached hydrogen (secondary N) is 1. The zero-order valence-electron chi connectivity index (χ0n) is 35.1. The van der Waals surface area contributed by atoms with Gasteiger partial charge in [-0.1, -0.05) is 207 Å². The average molecular weight is 739 g/mol. The van der Waals surface area contributed by atoms with Gasteiger partial charge in [0, 0.05) is 30.9 Å². The van der Waals surface area contributed by atoms with E-state index in [1.807, 2.05) is 18.7 Å². The number of unbranched alkanes of at least 4 members (excludes halogenated alkanes) is 28. The fourth-order valence-electron chi connectivity index (χ4n) is 6.91. The van der Waals surface area contributed by atoms with Crippen molar-refractivity contribution in [2.75, 3.05) is 18.4 Å². The Bertz CT molecular complexity index is 1060. The molecule has 1 aromatic rings. The second-order valence-electron chi connectivity index (χ2n) is 15.9. The number of hydrogen-bond acceptors (Lipinski definition) is 4. The smallest absolute Gasteiger partial charge is 0.369 e. The lowest BCUT2D eigenvalue weighted by Crippen LogP contribution is -2.34. The number of hydrogen-bond donors (Lipinski definition) is 1. The first-order chi connectivity index (χ1) is 25.9. The summed E-state index contributed by atoms with van der Waals surface area (Å²) in [5, 5.41) is 2.85. The van der Waals surface area contributed by atoms with Crippen LogP contribution in [0.3, 0.4) is 0 Å². The van der Waals surface area contributed by atoms with Crippen LogP contribution in [-0.2, 0) is 9.53 Å². The maximum Gasteiger partial charge on any atom is 0.415 e. The predicted molar refractivity (Wildman–Crippen MR) is 225 cm³/mol. The molecular weight excluding hydrogens is 657 g/mol. The van der Waals surface area contributed by atoms with E-state index in [0.29, 0.717) is 24.5 Å². The van der Waals surface area contributed by atoms with Crippen molar-refractivity contribution in [3.8, 4) is 0 Å². The quantitative estimate of drug-likeness (QED) is 0.0549. The predicted octanol–water partition coefficient (Wildman–Crippen LogP) is 14.8. The lowest BCUT2D eigenvalue weighted by molar-refractivity contribution is -0.118. The molecule has 0 aromatic carbocycles. The highest BCUT2D eigenvalue weighted by Gasteiger charge is 2.26. The first-order valence-electron chi connectivity index (χ1n) is 22.5. The molecule has 304 valence electrons. The summed E-state index contributed by atoms with van der Waals surface area (Å²) >= 11 is 0. The van der Waals surface area contributed by atoms with Crippen LogP contribution in [-0.4, -0.2) is 35.0 Å². The molecule has 0 bridgehead atoms. The summed E-state index contributed by atoms with van der Waals surface area (Å²) in [5.74, 6) is -0.286. The molecule has 0 saturated carbocycles. The monoisotopic (exact) mass is 739 g/mol. The molecule has 2 amide bonds. The van der Waals surface area contributed by atoms with E-state index in [1.54, 1.807) is 18.3 Å². The SMILES string of the molecule is [C-]#[N+]C(OC(=O)N(CCCCCCCCCCCCCCCC)CCCCCCCCCCCCCCCCCC)c1cc(NC(=O)C(C)C)ccn1. The number of aromatic nitrogens is 1. The molecule has 1 atom stereocenters. The summed E-state index contributed by atoms with van der Waals surface area (Å²) in [7, 11) is 0. The summed E-state index contributed by atoms with van der Waals surface area (Å²) in [6.45, 7) is 17.3. The van der Waals surface area contributed by atoms with Gasteiger partial charge < -0.3 is 15.0 Å². The van der Waals surface area contributed by atoms with Gasteiger partial charge in [-0.25, -0.2) is 16.4 Å². The topological polar surface area (TPSA) is 75.9 Å². The first kappa shape index (κ1) is 48.4. The van der Waals surface area contributed by atoms with Gasteiger partial charge in [0.05, 0.1) is 0 Å². The normalized spacial score (nSPS) is 11.8. The van der Waals surface area contributed by atoms with E-state index in [2.05, 4.69) is 29.0 Å². The summed E-state index contributed by atoms with van der Waals surface area (Å²) < 4.78 is 5.76. The molecule has 0 fully saturated rings. The Hall–Kier alpha value is -2.62. The molecule has 7 nitrogen and oxygen atoms in total. The molecule has 53 heavy (non-hydrogen) atoms. The van der Waals surface area contributed by atoms with Crippen LogP contribution in [0.1, 0.15) is 232 Å². The Kier molecular flexibility index (Phi) is 32.1. The fraction of sp³-hybridized carbons (Fsp3) is 0.826. The van der Waals surface area contributed by atoms with Crippen LogP contribution in [0.2, 0.25) is 0 Å². The minimum atomic E-state index is -1.15. The lowest BCUT2D eigenvalue weighted by atomic mass is 10.0. The van der Waals surface area contributed by atoms with Gasteiger partial charge >= 0.3 is 12.3 Å². The standard InChI is InChI=1S/C46H82N4O3/c1-6-8-10-12-14-16-18-20-22-23-25-27-29-31-33-35-39-50(38-34-32-30-28-26-24-21-19-17-15-13-11-9-7-2)46(52)53-45(47-5)43-40-42(36-37-48-43)49-44(51)41(3)4/h36-37,40-41,45H,6-35,38-39H2,1-4H3,(H,48,49,51). The van der Waals surface area contributed by atoms with Gasteiger partial charge in [0.15, 0.2) is 5.69 Å². The van der Waals surface area contributed by atoms with Crippen molar-refractivity contribution < 1.29 is 14.3 Å². The largest absolute Gasteiger partial charge is 0.415 e. The van der Waals surface area contributed by atoms with Crippen molar-refractivity contribution in [2.45, 2.75) is 227 Å². The van der Waals surface area contributed by atoms with Gasteiger partial charge in [0.2, 0.25) is 5.91 Å². The van der Waals surface area contributed by atoms with Crippen LogP contribution >= 0.6 is 0 Å². The zero-order valence-corrected chi connectivity index (χ0v) is 35.1. The number of carbonyl (C=O) groups excluding carboxylic acids is 2. The van der Waals surface area contributed by atoms with Crippen molar-refractivity contribution in [1.29, 1.82) is 0 Å². The van der Waals surface area contributed by atoms with E-state index in [9.17, 15) is 9.59 Å². The molecule has 1 unspecified atom stereocenters. The maximum atomic E-state index is 13.5. The van der Waals surface area contributed by atoms with Crippen molar-refractivity contribution in [2.24, 2.45) is 5.92 Å². The molecule has 1 heterocycles. The Morgan fingerprint density at radius 3 is 1.34 bits per heavy atom. The molecule has 0 aliphatic rings. The molecule has 0 aliphatic carbocycles. The number of anilines is 1. The zero-order chi connectivity index (χ0) is 38.6. The third kappa shape index (κ3) is 27.6. The van der Waals surface area contributed by atoms with Gasteiger partial charge in [-0.05, 0) is 25.0 Å². The van der Waals surface area contributed by atoms with Gasteiger partial charge in [0.1, 0.15) is 0 Å². The Morgan fingerprint density at radius 2 is 1.00 bits per heavy atom. The number of carbonyl (C=O) groups is 2. The number of rotatable bonds is 36. The van der Waals surface area contributed by atoms with Crippen LogP contribution in [0.15, 0.2) is 18.3 Å². The number of pyridine rings is 1. The van der Waals surface area contributed by atoms with Crippen LogP contribution in [0, 0.1) is 12.5 Å². The van der Waals surface area contributed by atoms with E-state index < -0.39 is 12.3 Å². The summed E-state index contributed by atoms with van der Waals surface area (Å²) in [6.07, 6.45) is 39.2. The molecule has 0 aliphatic heterocycles. The van der Waals surface area contributed by atoms with E-state index in [1.165, 1.54) is 167 Å². The van der Waals surface area contributed by atoms with Crippen molar-refractivity contribution >= 4 is 17.7 Å². The highest BCUT2D eigenvalue weighted by molar-refractivity contribution is 5.92. The van der Waals surface area contributed by atoms with E-state index in [4.69, 9.17) is 11.3 Å². The second kappa shape index (κ2) is 35.1. The van der Waals surface area contributed by atoms with E-state index in [0.717, 1.165) is 25.7 Å². The van der Waals surface area contributed by atoms with Crippen molar-refractivity contribution in [3.05, 3.63) is 35.4 Å². The van der Waals surface area contributed by atoms with Gasteiger partial charge in [0.25, 0.3) is 0 Å². The summed E-state index contributed by atoms with van der Waals surface area (Å²) in [6, 6.07) is 3.32. The Labute approximate surface area is 327 Å². The van der Waals surface area contributed by atoms with Gasteiger partial charge in [-0.2, -0.15) is 0 Å². The highest BCUT2D eigenvalue weighted by Crippen LogP contribution is 2.23.